The van der Waals surface area contributed by atoms with Crippen molar-refractivity contribution in [2.45, 2.75) is 26.2 Å². The molecule has 0 saturated carbocycles. The molecule has 1 aliphatic heterocycles. The second kappa shape index (κ2) is 6.20. The zero-order valence-electron chi connectivity index (χ0n) is 16.7. The predicted molar refractivity (Wildman–Crippen MR) is 120 cm³/mol. The predicted octanol–water partition coefficient (Wildman–Crippen LogP) is 6.43. The molecule has 0 spiro atoms. The third-order valence-electron chi connectivity index (χ3n) is 6.08. The van der Waals surface area contributed by atoms with E-state index < -0.39 is 0 Å². The number of aromatic nitrogens is 1. The Balaban J connectivity index is 1.64. The van der Waals surface area contributed by atoms with Crippen LogP contribution in [0.1, 0.15) is 31.9 Å². The summed E-state index contributed by atoms with van der Waals surface area (Å²) >= 11 is 0. The van der Waals surface area contributed by atoms with Gasteiger partial charge in [-0.25, -0.2) is 0 Å². The summed E-state index contributed by atoms with van der Waals surface area (Å²) in [4.78, 5) is 3.26. The zero-order chi connectivity index (χ0) is 19.3. The molecule has 2 nitrogen and oxygen atoms in total. The molecule has 0 bridgehead atoms. The molecular formula is C26H25N2+. The molecule has 5 rings (SSSR count). The number of nitrogens with zero attached hydrogens (tertiary/aromatic N) is 1. The number of nitrogens with one attached hydrogen (secondary N) is 1. The van der Waals surface area contributed by atoms with Crippen LogP contribution in [0.5, 0.6) is 0 Å². The van der Waals surface area contributed by atoms with E-state index in [0.717, 1.165) is 6.54 Å². The minimum atomic E-state index is -0.0408. The molecule has 138 valence electrons. The maximum atomic E-state index is 3.26. The first-order valence-electron chi connectivity index (χ1n) is 10.0. The number of allylic oxidation sites excluding steroid dienone is 1. The van der Waals surface area contributed by atoms with Gasteiger partial charge in [-0.3, -0.25) is 0 Å². The van der Waals surface area contributed by atoms with Crippen LogP contribution < -0.4 is 0 Å². The first-order chi connectivity index (χ1) is 13.6. The highest BCUT2D eigenvalue weighted by Crippen LogP contribution is 2.44. The van der Waals surface area contributed by atoms with Crippen LogP contribution in [0.2, 0.25) is 0 Å². The lowest BCUT2D eigenvalue weighted by atomic mass is 9.79. The number of benzene rings is 3. The molecule has 0 amide bonds. The quantitative estimate of drug-likeness (QED) is 0.403. The smallest absolute Gasteiger partial charge is 0.210 e. The van der Waals surface area contributed by atoms with Crippen LogP contribution in [0.15, 0.2) is 72.9 Å². The summed E-state index contributed by atoms with van der Waals surface area (Å²) in [5, 5.41) is 3.92. The summed E-state index contributed by atoms with van der Waals surface area (Å²) < 4.78 is 2.47. The summed E-state index contributed by atoms with van der Waals surface area (Å²) in [5.41, 5.74) is 6.50. The van der Waals surface area contributed by atoms with Crippen LogP contribution in [0, 0.1) is 0 Å². The Morgan fingerprint density at radius 3 is 2.64 bits per heavy atom. The lowest BCUT2D eigenvalue weighted by Crippen LogP contribution is -2.27. The fourth-order valence-electron chi connectivity index (χ4n) is 4.73. The van der Waals surface area contributed by atoms with Gasteiger partial charge in [0.2, 0.25) is 5.69 Å². The number of rotatable bonds is 3. The van der Waals surface area contributed by atoms with E-state index in [0.29, 0.717) is 0 Å². The maximum absolute atomic E-state index is 3.26. The fraction of sp³-hybridized carbons (Fsp3) is 0.192. The molecule has 1 aliphatic rings. The maximum Gasteiger partial charge on any atom is 0.210 e. The Kier molecular flexibility index (Phi) is 3.77. The van der Waals surface area contributed by atoms with Gasteiger partial charge < -0.3 is 4.98 Å². The van der Waals surface area contributed by atoms with Crippen molar-refractivity contribution in [2.24, 2.45) is 0 Å². The van der Waals surface area contributed by atoms with Gasteiger partial charge in [-0.1, -0.05) is 30.3 Å². The van der Waals surface area contributed by atoms with Gasteiger partial charge in [0.25, 0.3) is 0 Å². The van der Waals surface area contributed by atoms with Crippen LogP contribution in [-0.2, 0) is 5.41 Å². The molecule has 1 aromatic heterocycles. The average Bonchev–Trinajstić information content (AvgIpc) is 3.25. The van der Waals surface area contributed by atoms with Crippen molar-refractivity contribution in [3.8, 4) is 0 Å². The van der Waals surface area contributed by atoms with Crippen molar-refractivity contribution in [1.29, 1.82) is 0 Å². The Hall–Kier alpha value is -3.13. The van der Waals surface area contributed by atoms with Gasteiger partial charge in [0.1, 0.15) is 6.54 Å². The van der Waals surface area contributed by atoms with Gasteiger partial charge in [0, 0.05) is 29.4 Å². The zero-order valence-corrected chi connectivity index (χ0v) is 16.7. The van der Waals surface area contributed by atoms with Gasteiger partial charge in [0.05, 0.1) is 5.41 Å². The van der Waals surface area contributed by atoms with E-state index in [1.807, 2.05) is 6.20 Å². The summed E-state index contributed by atoms with van der Waals surface area (Å²) in [5.74, 6) is 0. The summed E-state index contributed by atoms with van der Waals surface area (Å²) in [6, 6.07) is 22.0. The first-order valence-corrected chi connectivity index (χ1v) is 10.0. The fourth-order valence-corrected chi connectivity index (χ4v) is 4.73. The van der Waals surface area contributed by atoms with E-state index in [4.69, 9.17) is 0 Å². The summed E-state index contributed by atoms with van der Waals surface area (Å²) in [7, 11) is 0. The summed E-state index contributed by atoms with van der Waals surface area (Å²) in [6.07, 6.45) is 6.56. The Bertz CT molecular complexity index is 1270. The molecule has 3 aromatic carbocycles. The van der Waals surface area contributed by atoms with Gasteiger partial charge in [-0.05, 0) is 72.8 Å². The van der Waals surface area contributed by atoms with Gasteiger partial charge in [-0.2, -0.15) is 4.58 Å². The van der Waals surface area contributed by atoms with Crippen LogP contribution in [0.3, 0.4) is 0 Å². The summed E-state index contributed by atoms with van der Waals surface area (Å²) in [6.45, 7) is 7.90. The number of aromatic amines is 1. The molecule has 28 heavy (non-hydrogen) atoms. The minimum absolute atomic E-state index is 0.0408. The number of hydrogen-bond acceptors (Lipinski definition) is 0. The Morgan fingerprint density at radius 2 is 1.79 bits per heavy atom. The van der Waals surface area contributed by atoms with E-state index in [9.17, 15) is 0 Å². The van der Waals surface area contributed by atoms with Gasteiger partial charge in [-0.15, -0.1) is 0 Å². The normalized spacial score (nSPS) is 15.8. The number of fused-ring (bicyclic) bond motifs is 4. The molecule has 2 heterocycles. The molecule has 0 aliphatic carbocycles. The topological polar surface area (TPSA) is 18.8 Å². The van der Waals surface area contributed by atoms with Crippen molar-refractivity contribution in [3.05, 3.63) is 84.1 Å². The molecule has 0 radical (unpaired) electrons. The van der Waals surface area contributed by atoms with Gasteiger partial charge in [0.15, 0.2) is 5.71 Å². The minimum Gasteiger partial charge on any atom is -0.361 e. The molecule has 0 unspecified atom stereocenters. The molecule has 0 fully saturated rings. The average molecular weight is 366 g/mol. The third kappa shape index (κ3) is 2.45. The van der Waals surface area contributed by atoms with Crippen molar-refractivity contribution >= 4 is 39.2 Å². The molecule has 0 atom stereocenters. The molecular weight excluding hydrogens is 340 g/mol. The SMILES string of the molecule is CC[N+]1=C(/C=C/c2ccc3[nH]ccc3c2)C(C)(C)c2c1ccc1ccccc21. The van der Waals surface area contributed by atoms with Crippen molar-refractivity contribution < 1.29 is 4.58 Å². The monoisotopic (exact) mass is 365 g/mol. The molecule has 4 aromatic rings. The standard InChI is InChI=1S/C26H24N2/c1-4-28-23-13-11-19-7-5-6-8-21(19)25(23)26(2,3)24(28)14-10-18-9-12-22-20(17-18)15-16-27-22/h5-17H,4H2,1-3H3/p+1. The number of hydrogen-bond donors (Lipinski definition) is 1. The van der Waals surface area contributed by atoms with Crippen molar-refractivity contribution in [2.75, 3.05) is 6.54 Å². The second-order valence-corrected chi connectivity index (χ2v) is 8.09. The highest BCUT2D eigenvalue weighted by molar-refractivity contribution is 6.09. The molecule has 1 N–H and O–H groups in total. The largest absolute Gasteiger partial charge is 0.361 e. The Morgan fingerprint density at radius 1 is 0.929 bits per heavy atom. The van der Waals surface area contributed by atoms with E-state index >= 15 is 0 Å². The van der Waals surface area contributed by atoms with E-state index in [1.165, 1.54) is 44.2 Å². The second-order valence-electron chi connectivity index (χ2n) is 8.09. The van der Waals surface area contributed by atoms with E-state index in [2.05, 4.69) is 103 Å². The van der Waals surface area contributed by atoms with Gasteiger partial charge >= 0.3 is 0 Å². The highest BCUT2D eigenvalue weighted by atomic mass is 15.0. The van der Waals surface area contributed by atoms with Crippen LogP contribution in [0.25, 0.3) is 27.8 Å². The van der Waals surface area contributed by atoms with E-state index in [-0.39, 0.29) is 5.41 Å². The molecule has 2 heteroatoms. The van der Waals surface area contributed by atoms with Crippen LogP contribution in [-0.4, -0.2) is 21.8 Å². The van der Waals surface area contributed by atoms with Crippen molar-refractivity contribution in [3.63, 3.8) is 0 Å². The molecule has 0 saturated heterocycles. The van der Waals surface area contributed by atoms with Crippen LogP contribution in [0.4, 0.5) is 5.69 Å². The Labute approximate surface area is 165 Å². The van der Waals surface area contributed by atoms with E-state index in [1.54, 1.807) is 0 Å². The lowest BCUT2D eigenvalue weighted by Gasteiger charge is -2.17. The van der Waals surface area contributed by atoms with Crippen LogP contribution >= 0.6 is 0 Å². The number of H-pyrrole nitrogens is 1. The lowest BCUT2D eigenvalue weighted by molar-refractivity contribution is -0.433. The highest BCUT2D eigenvalue weighted by Gasteiger charge is 2.44. The van der Waals surface area contributed by atoms with Crippen molar-refractivity contribution in [1.82, 2.24) is 4.98 Å². The third-order valence-corrected chi connectivity index (χ3v) is 6.08. The first kappa shape index (κ1) is 17.0.